The standard InChI is InChI=1S/C11H19N3O/c1-2-3-4-5-6-7-8-14-9-11(10-15)12-13-14/h2-3,9,15H,4-8,10H2,1H3. The van der Waals surface area contributed by atoms with Crippen LogP contribution in [0.2, 0.25) is 0 Å². The molecule has 0 bridgehead atoms. The Morgan fingerprint density at radius 3 is 2.93 bits per heavy atom. The normalized spacial score (nSPS) is 11.3. The smallest absolute Gasteiger partial charge is 0.108 e. The van der Waals surface area contributed by atoms with Gasteiger partial charge >= 0.3 is 0 Å². The van der Waals surface area contributed by atoms with Gasteiger partial charge in [-0.15, -0.1) is 5.10 Å². The molecule has 1 rings (SSSR count). The fourth-order valence-corrected chi connectivity index (χ4v) is 1.40. The second kappa shape index (κ2) is 7.17. The van der Waals surface area contributed by atoms with E-state index in [1.165, 1.54) is 12.8 Å². The first-order chi connectivity index (χ1) is 7.36. The zero-order valence-corrected chi connectivity index (χ0v) is 9.26. The van der Waals surface area contributed by atoms with E-state index in [2.05, 4.69) is 22.5 Å². The molecule has 0 fully saturated rings. The molecule has 1 aromatic rings. The molecular formula is C11H19N3O. The highest BCUT2D eigenvalue weighted by molar-refractivity contribution is 4.88. The second-order valence-corrected chi connectivity index (χ2v) is 3.55. The van der Waals surface area contributed by atoms with Crippen LogP contribution in [0.5, 0.6) is 0 Å². The van der Waals surface area contributed by atoms with E-state index in [1.807, 2.05) is 6.92 Å². The SMILES string of the molecule is CC=CCCCCCn1cc(CO)nn1. The predicted molar refractivity (Wildman–Crippen MR) is 59.2 cm³/mol. The molecule has 0 saturated carbocycles. The summed E-state index contributed by atoms with van der Waals surface area (Å²) in [6.07, 6.45) is 10.8. The van der Waals surface area contributed by atoms with Crippen LogP contribution in [0.25, 0.3) is 0 Å². The van der Waals surface area contributed by atoms with E-state index in [1.54, 1.807) is 10.9 Å². The van der Waals surface area contributed by atoms with Crippen LogP contribution < -0.4 is 0 Å². The summed E-state index contributed by atoms with van der Waals surface area (Å²) in [5.41, 5.74) is 0.643. The number of aromatic nitrogens is 3. The molecule has 0 aliphatic rings. The Kier molecular flexibility index (Phi) is 5.70. The van der Waals surface area contributed by atoms with Crippen molar-refractivity contribution in [2.24, 2.45) is 0 Å². The number of nitrogens with zero attached hydrogens (tertiary/aromatic N) is 3. The topological polar surface area (TPSA) is 50.9 Å². The summed E-state index contributed by atoms with van der Waals surface area (Å²) in [7, 11) is 0. The zero-order chi connectivity index (χ0) is 10.9. The van der Waals surface area contributed by atoms with Crippen LogP contribution in [-0.2, 0) is 13.2 Å². The van der Waals surface area contributed by atoms with Crippen LogP contribution in [0.15, 0.2) is 18.3 Å². The van der Waals surface area contributed by atoms with Crippen molar-refractivity contribution in [3.8, 4) is 0 Å². The van der Waals surface area contributed by atoms with Crippen molar-refractivity contribution in [3.05, 3.63) is 24.0 Å². The van der Waals surface area contributed by atoms with Gasteiger partial charge in [-0.05, 0) is 26.2 Å². The van der Waals surface area contributed by atoms with Crippen molar-refractivity contribution in [3.63, 3.8) is 0 Å². The third kappa shape index (κ3) is 4.74. The first-order valence-corrected chi connectivity index (χ1v) is 5.48. The zero-order valence-electron chi connectivity index (χ0n) is 9.26. The van der Waals surface area contributed by atoms with Gasteiger partial charge in [-0.25, -0.2) is 0 Å². The number of aliphatic hydroxyl groups excluding tert-OH is 1. The lowest BCUT2D eigenvalue weighted by atomic mass is 10.2. The van der Waals surface area contributed by atoms with Gasteiger partial charge < -0.3 is 5.11 Å². The number of aryl methyl sites for hydroxylation is 1. The number of allylic oxidation sites excluding steroid dienone is 2. The Labute approximate surface area is 90.6 Å². The molecular weight excluding hydrogens is 190 g/mol. The summed E-state index contributed by atoms with van der Waals surface area (Å²) in [6, 6.07) is 0. The van der Waals surface area contributed by atoms with E-state index in [0.717, 1.165) is 19.4 Å². The van der Waals surface area contributed by atoms with Crippen molar-refractivity contribution in [2.75, 3.05) is 0 Å². The Balaban J connectivity index is 2.09. The van der Waals surface area contributed by atoms with E-state index in [9.17, 15) is 0 Å². The van der Waals surface area contributed by atoms with E-state index in [0.29, 0.717) is 5.69 Å². The fourth-order valence-electron chi connectivity index (χ4n) is 1.40. The lowest BCUT2D eigenvalue weighted by Crippen LogP contribution is -1.98. The van der Waals surface area contributed by atoms with Gasteiger partial charge in [0.15, 0.2) is 0 Å². The van der Waals surface area contributed by atoms with Gasteiger partial charge in [-0.3, -0.25) is 4.68 Å². The first kappa shape index (κ1) is 11.9. The first-order valence-electron chi connectivity index (χ1n) is 5.48. The van der Waals surface area contributed by atoms with Gasteiger partial charge in [0.05, 0.1) is 12.8 Å². The van der Waals surface area contributed by atoms with Gasteiger partial charge in [0, 0.05) is 6.54 Å². The fraction of sp³-hybridized carbons (Fsp3) is 0.636. The number of unbranched alkanes of at least 4 members (excludes halogenated alkanes) is 3. The average Bonchev–Trinajstić information content (AvgIpc) is 2.71. The molecule has 4 heteroatoms. The van der Waals surface area contributed by atoms with Crippen molar-refractivity contribution in [1.29, 1.82) is 0 Å². The third-order valence-corrected chi connectivity index (χ3v) is 2.24. The predicted octanol–water partition coefficient (Wildman–Crippen LogP) is 1.91. The summed E-state index contributed by atoms with van der Waals surface area (Å²) in [6.45, 7) is 2.91. The highest BCUT2D eigenvalue weighted by Gasteiger charge is 1.97. The second-order valence-electron chi connectivity index (χ2n) is 3.55. The number of hydrogen-bond donors (Lipinski definition) is 1. The van der Waals surface area contributed by atoms with Crippen LogP contribution in [0, 0.1) is 0 Å². The Morgan fingerprint density at radius 1 is 1.40 bits per heavy atom. The molecule has 0 aromatic carbocycles. The molecule has 0 unspecified atom stereocenters. The number of rotatable bonds is 7. The van der Waals surface area contributed by atoms with Gasteiger partial charge in [0.25, 0.3) is 0 Å². The maximum Gasteiger partial charge on any atom is 0.108 e. The van der Waals surface area contributed by atoms with Gasteiger partial charge in [-0.1, -0.05) is 23.8 Å². The van der Waals surface area contributed by atoms with Crippen LogP contribution in [0.4, 0.5) is 0 Å². The Morgan fingerprint density at radius 2 is 2.27 bits per heavy atom. The average molecular weight is 209 g/mol. The third-order valence-electron chi connectivity index (χ3n) is 2.24. The maximum absolute atomic E-state index is 8.80. The van der Waals surface area contributed by atoms with Crippen molar-refractivity contribution >= 4 is 0 Å². The Bertz CT molecular complexity index is 294. The van der Waals surface area contributed by atoms with Gasteiger partial charge in [0.2, 0.25) is 0 Å². The largest absolute Gasteiger partial charge is 0.390 e. The van der Waals surface area contributed by atoms with Crippen LogP contribution in [0.1, 0.15) is 38.3 Å². The summed E-state index contributed by atoms with van der Waals surface area (Å²) in [4.78, 5) is 0. The summed E-state index contributed by atoms with van der Waals surface area (Å²) in [5.74, 6) is 0. The van der Waals surface area contributed by atoms with E-state index in [-0.39, 0.29) is 6.61 Å². The quantitative estimate of drug-likeness (QED) is 0.551. The molecule has 15 heavy (non-hydrogen) atoms. The number of aliphatic hydroxyl groups is 1. The number of hydrogen-bond acceptors (Lipinski definition) is 3. The molecule has 1 aromatic heterocycles. The maximum atomic E-state index is 8.80. The van der Waals surface area contributed by atoms with Crippen molar-refractivity contribution in [1.82, 2.24) is 15.0 Å². The molecule has 0 aliphatic carbocycles. The van der Waals surface area contributed by atoms with Crippen LogP contribution in [0.3, 0.4) is 0 Å². The molecule has 84 valence electrons. The van der Waals surface area contributed by atoms with Gasteiger partial charge in [0.1, 0.15) is 5.69 Å². The highest BCUT2D eigenvalue weighted by Crippen LogP contribution is 2.03. The van der Waals surface area contributed by atoms with Gasteiger partial charge in [-0.2, -0.15) is 0 Å². The molecule has 0 aliphatic heterocycles. The molecule has 0 spiro atoms. The minimum atomic E-state index is -0.0265. The molecule has 4 nitrogen and oxygen atoms in total. The van der Waals surface area contributed by atoms with Crippen molar-refractivity contribution < 1.29 is 5.11 Å². The summed E-state index contributed by atoms with van der Waals surface area (Å²) < 4.78 is 1.79. The Hall–Kier alpha value is -1.16. The summed E-state index contributed by atoms with van der Waals surface area (Å²) >= 11 is 0. The lowest BCUT2D eigenvalue weighted by Gasteiger charge is -1.99. The van der Waals surface area contributed by atoms with E-state index in [4.69, 9.17) is 5.11 Å². The molecule has 1 heterocycles. The molecule has 0 radical (unpaired) electrons. The van der Waals surface area contributed by atoms with Crippen LogP contribution >= 0.6 is 0 Å². The monoisotopic (exact) mass is 209 g/mol. The molecule has 0 amide bonds. The minimum Gasteiger partial charge on any atom is -0.390 e. The molecule has 0 saturated heterocycles. The van der Waals surface area contributed by atoms with E-state index < -0.39 is 0 Å². The molecule has 1 N–H and O–H groups in total. The summed E-state index contributed by atoms with van der Waals surface area (Å²) in [5, 5.41) is 16.5. The lowest BCUT2D eigenvalue weighted by molar-refractivity contribution is 0.276. The molecule has 0 atom stereocenters. The van der Waals surface area contributed by atoms with E-state index >= 15 is 0 Å². The van der Waals surface area contributed by atoms with Crippen molar-refractivity contribution in [2.45, 2.75) is 45.8 Å². The highest BCUT2D eigenvalue weighted by atomic mass is 16.3. The minimum absolute atomic E-state index is 0.0265. The van der Waals surface area contributed by atoms with Crippen LogP contribution in [-0.4, -0.2) is 20.1 Å².